The van der Waals surface area contributed by atoms with Crippen molar-refractivity contribution >= 4 is 46.5 Å². The van der Waals surface area contributed by atoms with Gasteiger partial charge < -0.3 is 15.4 Å². The summed E-state index contributed by atoms with van der Waals surface area (Å²) in [5, 5.41) is 6.43. The molecule has 132 valence electrons. The normalized spacial score (nSPS) is 10.2. The van der Waals surface area contributed by atoms with Crippen LogP contribution >= 0.6 is 23.2 Å². The molecule has 0 aliphatic carbocycles. The van der Waals surface area contributed by atoms with Crippen LogP contribution in [0.3, 0.4) is 0 Å². The van der Waals surface area contributed by atoms with E-state index >= 15 is 0 Å². The van der Waals surface area contributed by atoms with Crippen LogP contribution in [0.5, 0.6) is 0 Å². The van der Waals surface area contributed by atoms with Crippen LogP contribution in [-0.4, -0.2) is 25.0 Å². The first kappa shape index (κ1) is 19.1. The van der Waals surface area contributed by atoms with Crippen molar-refractivity contribution in [2.75, 3.05) is 23.8 Å². The van der Waals surface area contributed by atoms with Gasteiger partial charge in [0.2, 0.25) is 5.91 Å². The molecule has 0 heterocycles. The Balaban J connectivity index is 1.88. The quantitative estimate of drug-likeness (QED) is 0.688. The van der Waals surface area contributed by atoms with Crippen molar-refractivity contribution in [3.63, 3.8) is 0 Å². The van der Waals surface area contributed by atoms with E-state index < -0.39 is 0 Å². The Hall–Kier alpha value is -2.24. The molecule has 1 amide bonds. The van der Waals surface area contributed by atoms with E-state index in [1.807, 2.05) is 6.92 Å². The maximum absolute atomic E-state index is 12.0. The lowest BCUT2D eigenvalue weighted by Crippen LogP contribution is -2.21. The molecule has 2 rings (SSSR count). The zero-order valence-corrected chi connectivity index (χ0v) is 15.2. The van der Waals surface area contributed by atoms with Gasteiger partial charge in [-0.3, -0.25) is 4.79 Å². The van der Waals surface area contributed by atoms with Crippen molar-refractivity contribution in [1.29, 1.82) is 0 Å². The molecule has 0 atom stereocenters. The summed E-state index contributed by atoms with van der Waals surface area (Å²) in [5.74, 6) is -0.630. The van der Waals surface area contributed by atoms with Crippen LogP contribution in [0.2, 0.25) is 10.0 Å². The van der Waals surface area contributed by atoms with Crippen molar-refractivity contribution in [2.45, 2.75) is 13.3 Å². The molecule has 2 N–H and O–H groups in total. The highest BCUT2D eigenvalue weighted by Gasteiger charge is 2.09. The minimum atomic E-state index is -0.378. The molecule has 0 aliphatic heterocycles. The molecule has 0 saturated heterocycles. The van der Waals surface area contributed by atoms with Gasteiger partial charge in [0.25, 0.3) is 0 Å². The summed E-state index contributed by atoms with van der Waals surface area (Å²) in [6.45, 7) is 2.34. The van der Waals surface area contributed by atoms with E-state index in [2.05, 4.69) is 10.6 Å². The number of carbonyl (C=O) groups is 2. The van der Waals surface area contributed by atoms with E-state index in [0.29, 0.717) is 33.6 Å². The molecule has 25 heavy (non-hydrogen) atoms. The van der Waals surface area contributed by atoms with Crippen molar-refractivity contribution in [3.05, 3.63) is 58.1 Å². The van der Waals surface area contributed by atoms with Crippen molar-refractivity contribution < 1.29 is 14.3 Å². The Morgan fingerprint density at radius 1 is 1.08 bits per heavy atom. The van der Waals surface area contributed by atoms with Crippen LogP contribution in [0.1, 0.15) is 23.7 Å². The summed E-state index contributed by atoms with van der Waals surface area (Å²) in [7, 11) is 0. The molecule has 0 unspecified atom stereocenters. The predicted molar refractivity (Wildman–Crippen MR) is 101 cm³/mol. The third-order valence-electron chi connectivity index (χ3n) is 3.23. The number of anilines is 2. The number of ether oxygens (including phenoxy) is 1. The fourth-order valence-electron chi connectivity index (χ4n) is 1.99. The Morgan fingerprint density at radius 3 is 2.48 bits per heavy atom. The number of hydrogen-bond donors (Lipinski definition) is 2. The fraction of sp³-hybridized carbons (Fsp3) is 0.222. The van der Waals surface area contributed by atoms with Crippen LogP contribution < -0.4 is 10.6 Å². The molecule has 0 fully saturated rings. The van der Waals surface area contributed by atoms with Crippen LogP contribution in [-0.2, 0) is 9.53 Å². The second-order valence-corrected chi connectivity index (χ2v) is 6.00. The zero-order valence-electron chi connectivity index (χ0n) is 13.6. The maximum Gasteiger partial charge on any atom is 0.338 e. The van der Waals surface area contributed by atoms with Gasteiger partial charge in [-0.2, -0.15) is 0 Å². The molecule has 7 heteroatoms. The summed E-state index contributed by atoms with van der Waals surface area (Å²) >= 11 is 12.0. The van der Waals surface area contributed by atoms with E-state index in [9.17, 15) is 9.59 Å². The predicted octanol–water partition coefficient (Wildman–Crippen LogP) is 4.61. The summed E-state index contributed by atoms with van der Waals surface area (Å²) in [6, 6.07) is 11.6. The van der Waals surface area contributed by atoms with Crippen LogP contribution in [0.4, 0.5) is 11.4 Å². The SMILES string of the molecule is CCCOC(=O)c1ccc(NC(=O)CNc2cccc(Cl)c2Cl)cc1. The van der Waals surface area contributed by atoms with Crippen molar-refractivity contribution in [3.8, 4) is 0 Å². The highest BCUT2D eigenvalue weighted by Crippen LogP contribution is 2.29. The number of carbonyl (C=O) groups excluding carboxylic acids is 2. The average Bonchev–Trinajstić information content (AvgIpc) is 2.61. The first-order valence-electron chi connectivity index (χ1n) is 7.76. The second-order valence-electron chi connectivity index (χ2n) is 5.22. The number of amides is 1. The van der Waals surface area contributed by atoms with E-state index in [-0.39, 0.29) is 18.4 Å². The van der Waals surface area contributed by atoms with Crippen LogP contribution in [0.25, 0.3) is 0 Å². The van der Waals surface area contributed by atoms with E-state index in [4.69, 9.17) is 27.9 Å². The number of rotatable bonds is 7. The Labute approximate surface area is 156 Å². The van der Waals surface area contributed by atoms with E-state index in [0.717, 1.165) is 6.42 Å². The summed E-state index contributed by atoms with van der Waals surface area (Å²) in [6.07, 6.45) is 0.767. The number of hydrogen-bond acceptors (Lipinski definition) is 4. The van der Waals surface area contributed by atoms with Gasteiger partial charge >= 0.3 is 5.97 Å². The van der Waals surface area contributed by atoms with Gasteiger partial charge in [-0.25, -0.2) is 4.79 Å². The molecule has 5 nitrogen and oxygen atoms in total. The number of esters is 1. The number of halogens is 2. The topological polar surface area (TPSA) is 67.4 Å². The highest BCUT2D eigenvalue weighted by molar-refractivity contribution is 6.43. The molecule has 2 aromatic rings. The monoisotopic (exact) mass is 380 g/mol. The number of nitrogens with one attached hydrogen (secondary N) is 2. The first-order chi connectivity index (χ1) is 12.0. The molecule has 0 bridgehead atoms. The minimum absolute atomic E-state index is 0.0281. The zero-order chi connectivity index (χ0) is 18.2. The van der Waals surface area contributed by atoms with E-state index in [1.165, 1.54) is 0 Å². The summed E-state index contributed by atoms with van der Waals surface area (Å²) in [4.78, 5) is 23.7. The summed E-state index contributed by atoms with van der Waals surface area (Å²) in [5.41, 5.74) is 1.60. The van der Waals surface area contributed by atoms with Gasteiger partial charge in [0.05, 0.1) is 34.4 Å². The minimum Gasteiger partial charge on any atom is -0.462 e. The molecule has 0 aliphatic rings. The van der Waals surface area contributed by atoms with Gasteiger partial charge in [0, 0.05) is 5.69 Å². The Kier molecular flexibility index (Phi) is 7.10. The van der Waals surface area contributed by atoms with Crippen molar-refractivity contribution in [2.24, 2.45) is 0 Å². The maximum atomic E-state index is 12.0. The number of benzene rings is 2. The molecular formula is C18H18Cl2N2O3. The molecule has 0 saturated carbocycles. The Bertz CT molecular complexity index is 748. The van der Waals surface area contributed by atoms with Gasteiger partial charge in [-0.1, -0.05) is 36.2 Å². The molecule has 0 spiro atoms. The molecular weight excluding hydrogens is 363 g/mol. The fourth-order valence-corrected chi connectivity index (χ4v) is 2.36. The first-order valence-corrected chi connectivity index (χ1v) is 8.51. The summed E-state index contributed by atoms with van der Waals surface area (Å²) < 4.78 is 5.05. The Morgan fingerprint density at radius 2 is 1.80 bits per heavy atom. The van der Waals surface area contributed by atoms with Gasteiger partial charge in [-0.05, 0) is 42.8 Å². The highest BCUT2D eigenvalue weighted by atomic mass is 35.5. The molecule has 2 aromatic carbocycles. The second kappa shape index (κ2) is 9.30. The van der Waals surface area contributed by atoms with E-state index in [1.54, 1.807) is 42.5 Å². The standard InChI is InChI=1S/C18H18Cl2N2O3/c1-2-10-25-18(24)12-6-8-13(9-7-12)22-16(23)11-21-15-5-3-4-14(19)17(15)20/h3-9,21H,2,10-11H2,1H3,(H,22,23). The lowest BCUT2D eigenvalue weighted by molar-refractivity contribution is -0.114. The van der Waals surface area contributed by atoms with Crippen molar-refractivity contribution in [1.82, 2.24) is 0 Å². The average molecular weight is 381 g/mol. The molecule has 0 aromatic heterocycles. The lowest BCUT2D eigenvalue weighted by atomic mass is 10.2. The lowest BCUT2D eigenvalue weighted by Gasteiger charge is -2.10. The van der Waals surface area contributed by atoms with Crippen LogP contribution in [0.15, 0.2) is 42.5 Å². The third kappa shape index (κ3) is 5.66. The third-order valence-corrected chi connectivity index (χ3v) is 4.05. The van der Waals surface area contributed by atoms with Crippen LogP contribution in [0, 0.1) is 0 Å². The van der Waals surface area contributed by atoms with Gasteiger partial charge in [0.1, 0.15) is 0 Å². The van der Waals surface area contributed by atoms with Gasteiger partial charge in [-0.15, -0.1) is 0 Å². The molecule has 0 radical (unpaired) electrons. The van der Waals surface area contributed by atoms with Gasteiger partial charge in [0.15, 0.2) is 0 Å². The largest absolute Gasteiger partial charge is 0.462 e. The smallest absolute Gasteiger partial charge is 0.338 e.